The molecule has 1 aliphatic carbocycles. The van der Waals surface area contributed by atoms with Gasteiger partial charge in [0.1, 0.15) is 6.10 Å². The number of carbonyl (C=O) groups is 1. The smallest absolute Gasteiger partial charge is 0.320 e. The molecule has 2 atom stereocenters. The van der Waals surface area contributed by atoms with Crippen LogP contribution < -0.4 is 0 Å². The van der Waals surface area contributed by atoms with Gasteiger partial charge in [0.2, 0.25) is 0 Å². The Morgan fingerprint density at radius 2 is 1.61 bits per heavy atom. The number of hydrogen-bond acceptors (Lipinski definition) is 3. The van der Waals surface area contributed by atoms with Crippen molar-refractivity contribution in [1.29, 1.82) is 0 Å². The van der Waals surface area contributed by atoms with E-state index in [0.29, 0.717) is 24.3 Å². The van der Waals surface area contributed by atoms with E-state index in [2.05, 4.69) is 53.4 Å². The summed E-state index contributed by atoms with van der Waals surface area (Å²) in [7, 11) is 0. The Bertz CT molecular complexity index is 292. The summed E-state index contributed by atoms with van der Waals surface area (Å²) in [6, 6.07) is 0. The van der Waals surface area contributed by atoms with E-state index >= 15 is 0 Å². The summed E-state index contributed by atoms with van der Waals surface area (Å²) >= 11 is 0. The minimum atomic E-state index is -0.0367. The molecule has 0 aromatic rings. The third-order valence-corrected chi connectivity index (χ3v) is 3.79. The van der Waals surface area contributed by atoms with Crippen LogP contribution in [-0.2, 0) is 9.53 Å². The summed E-state index contributed by atoms with van der Waals surface area (Å²) in [6.07, 6.45) is 5.97. The molecule has 138 valence electrons. The van der Waals surface area contributed by atoms with Crippen LogP contribution in [0.5, 0.6) is 0 Å². The SMILES string of the molecule is CC(C)CN(CC(=O)OC1CCCC(C)C1)CC(C)C.CCC. The van der Waals surface area contributed by atoms with E-state index < -0.39 is 0 Å². The van der Waals surface area contributed by atoms with Crippen LogP contribution in [0.1, 0.15) is 80.6 Å². The van der Waals surface area contributed by atoms with Crippen molar-refractivity contribution in [1.82, 2.24) is 4.90 Å². The Hall–Kier alpha value is -0.570. The lowest BCUT2D eigenvalue weighted by atomic mass is 9.89. The summed E-state index contributed by atoms with van der Waals surface area (Å²) in [5.41, 5.74) is 0. The summed E-state index contributed by atoms with van der Waals surface area (Å²) in [4.78, 5) is 14.4. The van der Waals surface area contributed by atoms with Crippen molar-refractivity contribution in [2.45, 2.75) is 86.7 Å². The Morgan fingerprint density at radius 1 is 1.09 bits per heavy atom. The molecule has 3 nitrogen and oxygen atoms in total. The monoisotopic (exact) mass is 327 g/mol. The van der Waals surface area contributed by atoms with Crippen molar-refractivity contribution in [3.05, 3.63) is 0 Å². The van der Waals surface area contributed by atoms with Crippen molar-refractivity contribution >= 4 is 5.97 Å². The van der Waals surface area contributed by atoms with Crippen LogP contribution in [0.25, 0.3) is 0 Å². The van der Waals surface area contributed by atoms with Gasteiger partial charge in [-0.05, 0) is 37.0 Å². The second kappa shape index (κ2) is 12.8. The fraction of sp³-hybridized carbons (Fsp3) is 0.950. The molecule has 1 saturated carbocycles. The van der Waals surface area contributed by atoms with Gasteiger partial charge in [-0.3, -0.25) is 9.69 Å². The first-order valence-corrected chi connectivity index (χ1v) is 9.70. The lowest BCUT2D eigenvalue weighted by Gasteiger charge is -2.29. The molecule has 0 aromatic heterocycles. The first kappa shape index (κ1) is 22.4. The first-order chi connectivity index (χ1) is 10.8. The molecule has 0 spiro atoms. The van der Waals surface area contributed by atoms with Gasteiger partial charge in [-0.1, -0.05) is 61.3 Å². The van der Waals surface area contributed by atoms with Crippen LogP contribution in [-0.4, -0.2) is 36.6 Å². The molecule has 23 heavy (non-hydrogen) atoms. The molecule has 1 fully saturated rings. The fourth-order valence-corrected chi connectivity index (χ4v) is 3.13. The summed E-state index contributed by atoms with van der Waals surface area (Å²) in [5, 5.41) is 0. The molecule has 0 saturated heterocycles. The Labute approximate surface area is 145 Å². The van der Waals surface area contributed by atoms with Crippen LogP contribution in [0, 0.1) is 17.8 Å². The van der Waals surface area contributed by atoms with Gasteiger partial charge in [0.05, 0.1) is 6.54 Å². The maximum Gasteiger partial charge on any atom is 0.320 e. The van der Waals surface area contributed by atoms with Gasteiger partial charge in [-0.15, -0.1) is 0 Å². The van der Waals surface area contributed by atoms with Gasteiger partial charge in [-0.25, -0.2) is 0 Å². The Morgan fingerprint density at radius 3 is 2.04 bits per heavy atom. The van der Waals surface area contributed by atoms with Crippen molar-refractivity contribution in [3.8, 4) is 0 Å². The number of rotatable bonds is 7. The lowest BCUT2D eigenvalue weighted by molar-refractivity contribution is -0.152. The molecule has 0 radical (unpaired) electrons. The highest BCUT2D eigenvalue weighted by Gasteiger charge is 2.23. The number of ether oxygens (including phenoxy) is 1. The molecule has 3 heteroatoms. The second-order valence-electron chi connectivity index (χ2n) is 8.07. The van der Waals surface area contributed by atoms with E-state index in [0.717, 1.165) is 25.9 Å². The number of nitrogens with zero attached hydrogens (tertiary/aromatic N) is 1. The molecule has 0 aromatic carbocycles. The average Bonchev–Trinajstić information content (AvgIpc) is 2.37. The van der Waals surface area contributed by atoms with E-state index in [-0.39, 0.29) is 12.1 Å². The Kier molecular flexibility index (Phi) is 12.5. The molecule has 1 aliphatic rings. The molecule has 1 rings (SSSR count). The summed E-state index contributed by atoms with van der Waals surface area (Å²) in [6.45, 7) is 17.7. The average molecular weight is 328 g/mol. The lowest BCUT2D eigenvalue weighted by Crippen LogP contribution is -2.38. The molecular weight excluding hydrogens is 286 g/mol. The van der Waals surface area contributed by atoms with Crippen LogP contribution >= 0.6 is 0 Å². The molecule has 0 heterocycles. The highest BCUT2D eigenvalue weighted by molar-refractivity contribution is 5.71. The van der Waals surface area contributed by atoms with Crippen LogP contribution in [0.3, 0.4) is 0 Å². The van der Waals surface area contributed by atoms with Gasteiger partial charge in [0.25, 0.3) is 0 Å². The quantitative estimate of drug-likeness (QED) is 0.606. The van der Waals surface area contributed by atoms with Gasteiger partial charge < -0.3 is 4.74 Å². The molecule has 0 bridgehead atoms. The maximum absolute atomic E-state index is 12.1. The number of hydrogen-bond donors (Lipinski definition) is 0. The van der Waals surface area contributed by atoms with Crippen LogP contribution in [0.15, 0.2) is 0 Å². The van der Waals surface area contributed by atoms with E-state index in [1.807, 2.05) is 0 Å². The number of carbonyl (C=O) groups excluding carboxylic acids is 1. The van der Waals surface area contributed by atoms with E-state index in [4.69, 9.17) is 4.74 Å². The predicted octanol–water partition coefficient (Wildman–Crippen LogP) is 5.14. The zero-order valence-electron chi connectivity index (χ0n) is 16.7. The van der Waals surface area contributed by atoms with E-state index in [1.165, 1.54) is 19.3 Å². The van der Waals surface area contributed by atoms with Crippen molar-refractivity contribution in [2.24, 2.45) is 17.8 Å². The van der Waals surface area contributed by atoms with E-state index in [9.17, 15) is 4.79 Å². The zero-order chi connectivity index (χ0) is 17.8. The third-order valence-electron chi connectivity index (χ3n) is 3.79. The molecule has 0 N–H and O–H groups in total. The summed E-state index contributed by atoms with van der Waals surface area (Å²) < 4.78 is 5.67. The van der Waals surface area contributed by atoms with Gasteiger partial charge in [-0.2, -0.15) is 0 Å². The Balaban J connectivity index is 0.00000149. The summed E-state index contributed by atoms with van der Waals surface area (Å²) in [5.74, 6) is 1.82. The minimum absolute atomic E-state index is 0.0367. The van der Waals surface area contributed by atoms with Crippen molar-refractivity contribution in [3.63, 3.8) is 0 Å². The fourth-order valence-electron chi connectivity index (χ4n) is 3.13. The highest BCUT2D eigenvalue weighted by atomic mass is 16.5. The maximum atomic E-state index is 12.1. The molecule has 0 aliphatic heterocycles. The van der Waals surface area contributed by atoms with Gasteiger partial charge in [0.15, 0.2) is 0 Å². The minimum Gasteiger partial charge on any atom is -0.461 e. The largest absolute Gasteiger partial charge is 0.461 e. The third kappa shape index (κ3) is 12.5. The van der Waals surface area contributed by atoms with Gasteiger partial charge in [0, 0.05) is 13.1 Å². The highest BCUT2D eigenvalue weighted by Crippen LogP contribution is 2.25. The van der Waals surface area contributed by atoms with Crippen molar-refractivity contribution < 1.29 is 9.53 Å². The van der Waals surface area contributed by atoms with Gasteiger partial charge >= 0.3 is 5.97 Å². The first-order valence-electron chi connectivity index (χ1n) is 9.70. The normalized spacial score (nSPS) is 21.3. The molecule has 2 unspecified atom stereocenters. The standard InChI is InChI=1S/C17H33NO2.C3H8/c1-13(2)10-18(11-14(3)4)12-17(19)20-16-8-6-7-15(5)9-16;1-3-2/h13-16H,6-12H2,1-5H3;3H2,1-2H3. The second-order valence-corrected chi connectivity index (χ2v) is 8.07. The topological polar surface area (TPSA) is 29.5 Å². The van der Waals surface area contributed by atoms with Crippen molar-refractivity contribution in [2.75, 3.05) is 19.6 Å². The number of esters is 1. The predicted molar refractivity (Wildman–Crippen MR) is 99.6 cm³/mol. The van der Waals surface area contributed by atoms with E-state index in [1.54, 1.807) is 0 Å². The van der Waals surface area contributed by atoms with Crippen LogP contribution in [0.2, 0.25) is 0 Å². The zero-order valence-corrected chi connectivity index (χ0v) is 16.7. The molecular formula is C20H41NO2. The molecule has 0 amide bonds. The van der Waals surface area contributed by atoms with Crippen LogP contribution in [0.4, 0.5) is 0 Å².